The summed E-state index contributed by atoms with van der Waals surface area (Å²) in [4.78, 5) is 15.3. The lowest BCUT2D eigenvalue weighted by Gasteiger charge is -2.34. The summed E-state index contributed by atoms with van der Waals surface area (Å²) in [6.07, 6.45) is 1.68. The number of likely N-dealkylation sites (tertiary alicyclic amines) is 1. The number of nitrogens with one attached hydrogen (secondary N) is 1. The van der Waals surface area contributed by atoms with Gasteiger partial charge in [0.05, 0.1) is 5.69 Å². The number of hydrogen-bond donors (Lipinski definition) is 1. The smallest absolute Gasteiger partial charge is 0.319 e. The molecule has 5 heteroatoms. The van der Waals surface area contributed by atoms with E-state index in [0.717, 1.165) is 18.4 Å². The average molecular weight is 279 g/mol. The van der Waals surface area contributed by atoms with Crippen LogP contribution < -0.4 is 5.32 Å². The van der Waals surface area contributed by atoms with Gasteiger partial charge in [0, 0.05) is 33.2 Å². The molecule has 2 amide bonds. The van der Waals surface area contributed by atoms with Gasteiger partial charge in [0.2, 0.25) is 0 Å². The Balaban J connectivity index is 1.91. The van der Waals surface area contributed by atoms with Gasteiger partial charge in [-0.25, -0.2) is 9.18 Å². The minimum Gasteiger partial charge on any atom is -0.380 e. The highest BCUT2D eigenvalue weighted by Crippen LogP contribution is 2.21. The van der Waals surface area contributed by atoms with Crippen LogP contribution in [-0.4, -0.2) is 49.1 Å². The third-order valence-corrected chi connectivity index (χ3v) is 3.63. The van der Waals surface area contributed by atoms with Crippen molar-refractivity contribution < 1.29 is 9.18 Å². The minimum atomic E-state index is -0.220. The van der Waals surface area contributed by atoms with E-state index in [0.29, 0.717) is 18.8 Å². The fraction of sp³-hybridized carbons (Fsp3) is 0.533. The highest BCUT2D eigenvalue weighted by atomic mass is 19.1. The van der Waals surface area contributed by atoms with Crippen molar-refractivity contribution >= 4 is 11.7 Å². The van der Waals surface area contributed by atoms with Gasteiger partial charge in [0.25, 0.3) is 0 Å². The topological polar surface area (TPSA) is 35.6 Å². The van der Waals surface area contributed by atoms with E-state index in [1.54, 1.807) is 25.1 Å². The van der Waals surface area contributed by atoms with Crippen LogP contribution in [0.5, 0.6) is 0 Å². The third kappa shape index (κ3) is 3.40. The van der Waals surface area contributed by atoms with Gasteiger partial charge in [-0.15, -0.1) is 0 Å². The van der Waals surface area contributed by atoms with Crippen LogP contribution in [0.25, 0.3) is 0 Å². The molecule has 0 saturated carbocycles. The Bertz CT molecular complexity index is 482. The van der Waals surface area contributed by atoms with Crippen LogP contribution in [0.3, 0.4) is 0 Å². The largest absolute Gasteiger partial charge is 0.380 e. The number of carbonyl (C=O) groups is 1. The summed E-state index contributed by atoms with van der Waals surface area (Å²) in [6.45, 7) is 3.37. The summed E-state index contributed by atoms with van der Waals surface area (Å²) < 4.78 is 13.7. The van der Waals surface area contributed by atoms with Crippen LogP contribution in [0, 0.1) is 12.7 Å². The Labute approximate surface area is 119 Å². The Morgan fingerprint density at radius 1 is 1.35 bits per heavy atom. The molecule has 110 valence electrons. The minimum absolute atomic E-state index is 0.0465. The SMILES string of the molecule is Cc1ccc(F)c(NC2CCN(C(=O)N(C)C)CC2)c1. The summed E-state index contributed by atoms with van der Waals surface area (Å²) in [5.41, 5.74) is 1.59. The number of halogens is 1. The lowest BCUT2D eigenvalue weighted by atomic mass is 10.0. The summed E-state index contributed by atoms with van der Waals surface area (Å²) in [6, 6.07) is 5.34. The number of hydrogen-bond acceptors (Lipinski definition) is 2. The normalized spacial score (nSPS) is 16.1. The summed E-state index contributed by atoms with van der Waals surface area (Å²) in [5.74, 6) is -0.220. The molecule has 1 aliphatic heterocycles. The molecule has 1 fully saturated rings. The molecule has 0 radical (unpaired) electrons. The lowest BCUT2D eigenvalue weighted by molar-refractivity contribution is 0.158. The van der Waals surface area contributed by atoms with Gasteiger partial charge in [-0.2, -0.15) is 0 Å². The molecule has 1 aliphatic rings. The van der Waals surface area contributed by atoms with Crippen molar-refractivity contribution in [1.82, 2.24) is 9.80 Å². The first-order chi connectivity index (χ1) is 9.47. The number of piperidine rings is 1. The van der Waals surface area contributed by atoms with Crippen molar-refractivity contribution in [2.24, 2.45) is 0 Å². The number of aryl methyl sites for hydroxylation is 1. The first-order valence-electron chi connectivity index (χ1n) is 6.96. The van der Waals surface area contributed by atoms with E-state index in [1.807, 2.05) is 17.9 Å². The maximum absolute atomic E-state index is 13.7. The maximum atomic E-state index is 13.7. The molecule has 4 nitrogen and oxygen atoms in total. The number of anilines is 1. The quantitative estimate of drug-likeness (QED) is 0.903. The van der Waals surface area contributed by atoms with E-state index >= 15 is 0 Å². The van der Waals surface area contributed by atoms with Crippen molar-refractivity contribution in [2.75, 3.05) is 32.5 Å². The molecule has 1 saturated heterocycles. The molecule has 1 aromatic rings. The Kier molecular flexibility index (Phi) is 4.47. The summed E-state index contributed by atoms with van der Waals surface area (Å²) >= 11 is 0. The maximum Gasteiger partial charge on any atom is 0.319 e. The van der Waals surface area contributed by atoms with E-state index in [2.05, 4.69) is 5.32 Å². The molecule has 0 spiro atoms. The molecule has 0 aromatic heterocycles. The van der Waals surface area contributed by atoms with Gasteiger partial charge in [0.15, 0.2) is 0 Å². The molecule has 2 rings (SSSR count). The standard InChI is InChI=1S/C15H22FN3O/c1-11-4-5-13(16)14(10-11)17-12-6-8-19(9-7-12)15(20)18(2)3/h4-5,10,12,17H,6-9H2,1-3H3. The fourth-order valence-electron chi connectivity index (χ4n) is 2.47. The Hall–Kier alpha value is -1.78. The third-order valence-electron chi connectivity index (χ3n) is 3.63. The van der Waals surface area contributed by atoms with Crippen LogP contribution in [-0.2, 0) is 0 Å². The van der Waals surface area contributed by atoms with Crippen LogP contribution >= 0.6 is 0 Å². The number of rotatable bonds is 2. The average Bonchev–Trinajstić information content (AvgIpc) is 2.43. The molecule has 0 aliphatic carbocycles. The van der Waals surface area contributed by atoms with E-state index < -0.39 is 0 Å². The van der Waals surface area contributed by atoms with Crippen molar-refractivity contribution in [1.29, 1.82) is 0 Å². The van der Waals surface area contributed by atoms with Crippen LogP contribution in [0.15, 0.2) is 18.2 Å². The predicted octanol–water partition coefficient (Wildman–Crippen LogP) is 2.69. The number of carbonyl (C=O) groups excluding carboxylic acids is 1. The van der Waals surface area contributed by atoms with Gasteiger partial charge in [-0.05, 0) is 37.5 Å². The molecular weight excluding hydrogens is 257 g/mol. The first kappa shape index (κ1) is 14.6. The second-order valence-electron chi connectivity index (χ2n) is 5.57. The number of amides is 2. The van der Waals surface area contributed by atoms with E-state index in [-0.39, 0.29) is 17.9 Å². The predicted molar refractivity (Wildman–Crippen MR) is 78.4 cm³/mol. The molecule has 20 heavy (non-hydrogen) atoms. The molecule has 0 bridgehead atoms. The van der Waals surface area contributed by atoms with Gasteiger partial charge >= 0.3 is 6.03 Å². The molecular formula is C15H22FN3O. The zero-order valence-corrected chi connectivity index (χ0v) is 12.3. The summed E-state index contributed by atoms with van der Waals surface area (Å²) in [7, 11) is 3.52. The number of nitrogens with zero attached hydrogens (tertiary/aromatic N) is 2. The lowest BCUT2D eigenvalue weighted by Crippen LogP contribution is -2.46. The molecule has 0 atom stereocenters. The van der Waals surface area contributed by atoms with Gasteiger partial charge in [-0.3, -0.25) is 0 Å². The fourth-order valence-corrected chi connectivity index (χ4v) is 2.47. The van der Waals surface area contributed by atoms with Crippen molar-refractivity contribution in [3.05, 3.63) is 29.6 Å². The zero-order chi connectivity index (χ0) is 14.7. The Morgan fingerprint density at radius 2 is 2.00 bits per heavy atom. The molecule has 1 aromatic carbocycles. The zero-order valence-electron chi connectivity index (χ0n) is 12.3. The van der Waals surface area contributed by atoms with E-state index in [4.69, 9.17) is 0 Å². The second kappa shape index (κ2) is 6.11. The van der Waals surface area contributed by atoms with Gasteiger partial charge < -0.3 is 15.1 Å². The molecule has 0 unspecified atom stereocenters. The van der Waals surface area contributed by atoms with Crippen molar-refractivity contribution in [3.63, 3.8) is 0 Å². The van der Waals surface area contributed by atoms with E-state index in [1.165, 1.54) is 6.07 Å². The number of urea groups is 1. The first-order valence-corrected chi connectivity index (χ1v) is 6.96. The van der Waals surface area contributed by atoms with E-state index in [9.17, 15) is 9.18 Å². The van der Waals surface area contributed by atoms with Crippen LogP contribution in [0.2, 0.25) is 0 Å². The van der Waals surface area contributed by atoms with Crippen LogP contribution in [0.1, 0.15) is 18.4 Å². The highest BCUT2D eigenvalue weighted by Gasteiger charge is 2.24. The highest BCUT2D eigenvalue weighted by molar-refractivity contribution is 5.73. The van der Waals surface area contributed by atoms with Gasteiger partial charge in [0.1, 0.15) is 5.82 Å². The second-order valence-corrected chi connectivity index (χ2v) is 5.57. The monoisotopic (exact) mass is 279 g/mol. The van der Waals surface area contributed by atoms with Crippen molar-refractivity contribution in [2.45, 2.75) is 25.8 Å². The van der Waals surface area contributed by atoms with Gasteiger partial charge in [-0.1, -0.05) is 6.07 Å². The Morgan fingerprint density at radius 3 is 2.60 bits per heavy atom. The number of benzene rings is 1. The molecule has 1 heterocycles. The van der Waals surface area contributed by atoms with Crippen LogP contribution in [0.4, 0.5) is 14.9 Å². The molecule has 1 N–H and O–H groups in total. The summed E-state index contributed by atoms with van der Waals surface area (Å²) in [5, 5.41) is 3.25. The van der Waals surface area contributed by atoms with Crippen molar-refractivity contribution in [3.8, 4) is 0 Å².